The Morgan fingerprint density at radius 2 is 2.09 bits per heavy atom. The number of halogens is 1. The second-order valence-electron chi connectivity index (χ2n) is 6.67. The van der Waals surface area contributed by atoms with Crippen LogP contribution >= 0.6 is 11.6 Å². The van der Waals surface area contributed by atoms with Crippen molar-refractivity contribution in [3.8, 4) is 0 Å². The van der Waals surface area contributed by atoms with Gasteiger partial charge in [-0.3, -0.25) is 9.89 Å². The van der Waals surface area contributed by atoms with E-state index in [1.807, 2.05) is 17.0 Å². The molecule has 116 valence electrons. The predicted molar refractivity (Wildman–Crippen MR) is 83.5 cm³/mol. The van der Waals surface area contributed by atoms with Gasteiger partial charge < -0.3 is 10.0 Å². The Morgan fingerprint density at radius 3 is 2.73 bits per heavy atom. The highest BCUT2D eigenvalue weighted by molar-refractivity contribution is 6.31. The maximum absolute atomic E-state index is 11.5. The fourth-order valence-electron chi connectivity index (χ4n) is 4.22. The van der Waals surface area contributed by atoms with Crippen LogP contribution in [-0.2, 0) is 10.4 Å². The van der Waals surface area contributed by atoms with Gasteiger partial charge in [0.05, 0.1) is 17.3 Å². The Balaban J connectivity index is 1.69. The number of fused-ring (bicyclic) bond motifs is 2. The van der Waals surface area contributed by atoms with E-state index in [2.05, 4.69) is 10.2 Å². The van der Waals surface area contributed by atoms with Crippen LogP contribution < -0.4 is 0 Å². The number of nitrogens with zero attached hydrogens (tertiary/aromatic N) is 2. The van der Waals surface area contributed by atoms with Crippen LogP contribution in [0.4, 0.5) is 0 Å². The summed E-state index contributed by atoms with van der Waals surface area (Å²) in [6, 6.07) is 3.69. The zero-order chi connectivity index (χ0) is 15.5. The first kappa shape index (κ1) is 14.0. The van der Waals surface area contributed by atoms with Crippen LogP contribution in [0.15, 0.2) is 18.3 Å². The van der Waals surface area contributed by atoms with Gasteiger partial charge in [0.15, 0.2) is 0 Å². The molecule has 1 aromatic carbocycles. The van der Waals surface area contributed by atoms with E-state index in [0.29, 0.717) is 29.7 Å². The van der Waals surface area contributed by atoms with E-state index in [9.17, 15) is 9.90 Å². The van der Waals surface area contributed by atoms with Gasteiger partial charge in [-0.2, -0.15) is 5.10 Å². The lowest BCUT2D eigenvalue weighted by Gasteiger charge is -2.27. The first-order valence-corrected chi connectivity index (χ1v) is 7.95. The number of nitrogens with one attached hydrogen (secondary N) is 1. The molecule has 5 nitrogen and oxygen atoms in total. The largest absolute Gasteiger partial charge is 0.385 e. The number of H-pyrrole nitrogens is 1. The molecule has 2 N–H and O–H groups in total. The molecule has 0 spiro atoms. The minimum atomic E-state index is -0.895. The van der Waals surface area contributed by atoms with Gasteiger partial charge in [-0.1, -0.05) is 11.6 Å². The third-order valence-electron chi connectivity index (χ3n) is 5.24. The van der Waals surface area contributed by atoms with Gasteiger partial charge in [0.1, 0.15) is 0 Å². The summed E-state index contributed by atoms with van der Waals surface area (Å²) >= 11 is 6.20. The van der Waals surface area contributed by atoms with Crippen LogP contribution in [0.25, 0.3) is 10.9 Å². The molecule has 1 aliphatic heterocycles. The Hall–Kier alpha value is -1.59. The normalized spacial score (nSPS) is 31.0. The number of hydrogen-bond acceptors (Lipinski definition) is 3. The number of carbonyl (C=O) groups excluding carboxylic acids is 1. The van der Waals surface area contributed by atoms with Crippen molar-refractivity contribution in [2.75, 3.05) is 13.1 Å². The molecule has 2 heterocycles. The number of hydrogen-bond donors (Lipinski definition) is 2. The minimum Gasteiger partial charge on any atom is -0.385 e. The lowest BCUT2D eigenvalue weighted by Crippen LogP contribution is -2.31. The molecule has 1 aliphatic carbocycles. The van der Waals surface area contributed by atoms with Gasteiger partial charge in [0, 0.05) is 36.0 Å². The first-order valence-electron chi connectivity index (χ1n) is 7.57. The summed E-state index contributed by atoms with van der Waals surface area (Å²) < 4.78 is 0. The SMILES string of the molecule is CC(=O)N1C[C@@H]2CC(O)(c3cc(Cl)cc4cn[nH]c34)C[C@@H]2C1. The van der Waals surface area contributed by atoms with Gasteiger partial charge in [0.25, 0.3) is 0 Å². The molecule has 4 rings (SSSR count). The Labute approximate surface area is 133 Å². The second kappa shape index (κ2) is 4.70. The molecule has 0 bridgehead atoms. The van der Waals surface area contributed by atoms with Crippen molar-refractivity contribution in [3.63, 3.8) is 0 Å². The number of carbonyl (C=O) groups is 1. The van der Waals surface area contributed by atoms with Crippen molar-refractivity contribution in [3.05, 3.63) is 28.9 Å². The van der Waals surface area contributed by atoms with Crippen molar-refractivity contribution >= 4 is 28.4 Å². The zero-order valence-corrected chi connectivity index (χ0v) is 13.1. The van der Waals surface area contributed by atoms with E-state index in [-0.39, 0.29) is 5.91 Å². The molecule has 3 atom stereocenters. The molecule has 1 unspecified atom stereocenters. The molecule has 2 fully saturated rings. The van der Waals surface area contributed by atoms with E-state index >= 15 is 0 Å². The molecule has 2 aliphatic rings. The van der Waals surface area contributed by atoms with Gasteiger partial charge in [-0.25, -0.2) is 0 Å². The molecule has 6 heteroatoms. The quantitative estimate of drug-likeness (QED) is 0.847. The Morgan fingerprint density at radius 1 is 1.41 bits per heavy atom. The van der Waals surface area contributed by atoms with Crippen molar-refractivity contribution in [1.29, 1.82) is 0 Å². The maximum atomic E-state index is 11.5. The molecule has 1 aromatic heterocycles. The van der Waals surface area contributed by atoms with Crippen molar-refractivity contribution in [1.82, 2.24) is 15.1 Å². The lowest BCUT2D eigenvalue weighted by molar-refractivity contribution is -0.128. The predicted octanol–water partition coefficient (Wildman–Crippen LogP) is 2.29. The zero-order valence-electron chi connectivity index (χ0n) is 12.3. The van der Waals surface area contributed by atoms with Gasteiger partial charge >= 0.3 is 0 Å². The van der Waals surface area contributed by atoms with E-state index in [1.54, 1.807) is 13.1 Å². The smallest absolute Gasteiger partial charge is 0.219 e. The molecular formula is C16H18ClN3O2. The highest BCUT2D eigenvalue weighted by atomic mass is 35.5. The summed E-state index contributed by atoms with van der Waals surface area (Å²) in [6.45, 7) is 3.10. The maximum Gasteiger partial charge on any atom is 0.219 e. The fourth-order valence-corrected chi connectivity index (χ4v) is 4.44. The average Bonchev–Trinajstić information content (AvgIpc) is 3.10. The molecule has 1 amide bonds. The van der Waals surface area contributed by atoms with Gasteiger partial charge in [-0.05, 0) is 36.8 Å². The van der Waals surface area contributed by atoms with E-state index < -0.39 is 5.60 Å². The summed E-state index contributed by atoms with van der Waals surface area (Å²) in [6.07, 6.45) is 3.05. The number of rotatable bonds is 1. The average molecular weight is 320 g/mol. The molecule has 0 radical (unpaired) electrons. The fraction of sp³-hybridized carbons (Fsp3) is 0.500. The highest BCUT2D eigenvalue weighted by Crippen LogP contribution is 2.50. The van der Waals surface area contributed by atoms with E-state index in [4.69, 9.17) is 11.6 Å². The van der Waals surface area contributed by atoms with E-state index in [0.717, 1.165) is 29.6 Å². The number of likely N-dealkylation sites (tertiary alicyclic amines) is 1. The molecule has 2 aromatic rings. The van der Waals surface area contributed by atoms with Crippen molar-refractivity contribution < 1.29 is 9.90 Å². The monoisotopic (exact) mass is 319 g/mol. The number of aliphatic hydroxyl groups is 1. The molecule has 22 heavy (non-hydrogen) atoms. The van der Waals surface area contributed by atoms with Crippen LogP contribution in [0.1, 0.15) is 25.3 Å². The molecule has 1 saturated carbocycles. The summed E-state index contributed by atoms with van der Waals surface area (Å²) in [5.74, 6) is 0.827. The third-order valence-corrected chi connectivity index (χ3v) is 5.45. The summed E-state index contributed by atoms with van der Waals surface area (Å²) in [5, 5.41) is 19.8. The van der Waals surface area contributed by atoms with Crippen LogP contribution in [0.3, 0.4) is 0 Å². The number of benzene rings is 1. The second-order valence-corrected chi connectivity index (χ2v) is 7.11. The Kier molecular flexibility index (Phi) is 3.00. The minimum absolute atomic E-state index is 0.122. The number of aromatic amines is 1. The topological polar surface area (TPSA) is 69.2 Å². The van der Waals surface area contributed by atoms with Crippen LogP contribution in [-0.4, -0.2) is 39.2 Å². The summed E-state index contributed by atoms with van der Waals surface area (Å²) in [4.78, 5) is 13.4. The summed E-state index contributed by atoms with van der Waals surface area (Å²) in [5.41, 5.74) is 0.792. The van der Waals surface area contributed by atoms with Crippen LogP contribution in [0, 0.1) is 11.8 Å². The standard InChI is InChI=1S/C16H18ClN3O2/c1-9(21)20-7-11-4-16(22,5-12(11)8-20)14-3-13(17)2-10-6-18-19-15(10)14/h2-3,6,11-12,22H,4-5,7-8H2,1H3,(H,18,19)/t11-,12+,16?. The third kappa shape index (κ3) is 2.03. The van der Waals surface area contributed by atoms with Crippen molar-refractivity contribution in [2.24, 2.45) is 11.8 Å². The molecular weight excluding hydrogens is 302 g/mol. The number of amides is 1. The van der Waals surface area contributed by atoms with Crippen LogP contribution in [0.2, 0.25) is 5.02 Å². The molecule has 1 saturated heterocycles. The van der Waals surface area contributed by atoms with E-state index in [1.165, 1.54) is 0 Å². The van der Waals surface area contributed by atoms with Gasteiger partial charge in [-0.15, -0.1) is 0 Å². The van der Waals surface area contributed by atoms with Crippen LogP contribution in [0.5, 0.6) is 0 Å². The van der Waals surface area contributed by atoms with Gasteiger partial charge in [0.2, 0.25) is 5.91 Å². The first-order chi connectivity index (χ1) is 10.5. The Bertz CT molecular complexity index is 743. The highest BCUT2D eigenvalue weighted by Gasteiger charge is 2.50. The lowest BCUT2D eigenvalue weighted by atomic mass is 9.89. The van der Waals surface area contributed by atoms with Crippen molar-refractivity contribution in [2.45, 2.75) is 25.4 Å². The number of aromatic nitrogens is 2. The summed E-state index contributed by atoms with van der Waals surface area (Å²) in [7, 11) is 0.